The van der Waals surface area contributed by atoms with E-state index in [1.807, 2.05) is 73.0 Å². The molecular formula is C26H20Br2N4O2S. The Morgan fingerprint density at radius 3 is 2.57 bits per heavy atom. The molecule has 0 aliphatic carbocycles. The zero-order valence-electron chi connectivity index (χ0n) is 18.9. The Hall–Kier alpha value is -3.01. The van der Waals surface area contributed by atoms with Crippen LogP contribution in [0.5, 0.6) is 5.75 Å². The van der Waals surface area contributed by atoms with Gasteiger partial charge in [0.1, 0.15) is 11.6 Å². The van der Waals surface area contributed by atoms with Gasteiger partial charge in [-0.3, -0.25) is 9.36 Å². The molecule has 176 valence electrons. The summed E-state index contributed by atoms with van der Waals surface area (Å²) in [7, 11) is 1.65. The highest BCUT2D eigenvalue weighted by molar-refractivity contribution is 9.11. The number of para-hydroxylation sites is 1. The van der Waals surface area contributed by atoms with Crippen LogP contribution in [0.2, 0.25) is 0 Å². The maximum Gasteiger partial charge on any atom is 0.266 e. The number of thiazole rings is 1. The van der Waals surface area contributed by atoms with Crippen LogP contribution >= 0.6 is 43.2 Å². The Morgan fingerprint density at radius 2 is 1.83 bits per heavy atom. The number of anilines is 1. The molecular weight excluding hydrogens is 592 g/mol. The molecule has 0 radical (unpaired) electrons. The molecule has 0 fully saturated rings. The van der Waals surface area contributed by atoms with Crippen molar-refractivity contribution in [3.05, 3.63) is 96.7 Å². The summed E-state index contributed by atoms with van der Waals surface area (Å²) in [5.41, 5.74) is 4.17. The van der Waals surface area contributed by atoms with E-state index in [0.717, 1.165) is 42.3 Å². The van der Waals surface area contributed by atoms with Crippen LogP contribution in [-0.2, 0) is 6.54 Å². The number of rotatable bonds is 6. The lowest BCUT2D eigenvalue weighted by atomic mass is 10.2. The van der Waals surface area contributed by atoms with Gasteiger partial charge in [-0.1, -0.05) is 34.1 Å². The monoisotopic (exact) mass is 610 g/mol. The lowest BCUT2D eigenvalue weighted by molar-refractivity contribution is 0.415. The second kappa shape index (κ2) is 9.93. The molecule has 0 aliphatic heterocycles. The molecule has 0 atom stereocenters. The second-order valence-corrected chi connectivity index (χ2v) is 10.5. The average molecular weight is 612 g/mol. The molecule has 5 aromatic rings. The van der Waals surface area contributed by atoms with Gasteiger partial charge in [-0.25, -0.2) is 9.97 Å². The van der Waals surface area contributed by atoms with Gasteiger partial charge in [0, 0.05) is 19.9 Å². The fourth-order valence-electron chi connectivity index (χ4n) is 3.84. The molecule has 9 heteroatoms. The second-order valence-electron chi connectivity index (χ2n) is 7.86. The van der Waals surface area contributed by atoms with Gasteiger partial charge in [0.25, 0.3) is 5.56 Å². The number of methoxy groups -OCH3 is 1. The summed E-state index contributed by atoms with van der Waals surface area (Å²) in [6.07, 6.45) is 0. The third kappa shape index (κ3) is 4.76. The molecule has 35 heavy (non-hydrogen) atoms. The summed E-state index contributed by atoms with van der Waals surface area (Å²) in [5.74, 6) is 1.40. The van der Waals surface area contributed by atoms with Crippen LogP contribution in [0.4, 0.5) is 5.13 Å². The molecule has 6 nitrogen and oxygen atoms in total. The molecule has 5 rings (SSSR count). The predicted molar refractivity (Wildman–Crippen MR) is 149 cm³/mol. The number of aryl methyl sites for hydroxylation is 1. The first-order valence-corrected chi connectivity index (χ1v) is 13.2. The van der Waals surface area contributed by atoms with E-state index in [4.69, 9.17) is 14.7 Å². The summed E-state index contributed by atoms with van der Waals surface area (Å²) >= 11 is 8.56. The molecule has 0 unspecified atom stereocenters. The first-order valence-electron chi connectivity index (χ1n) is 10.7. The Morgan fingerprint density at radius 1 is 1.06 bits per heavy atom. The van der Waals surface area contributed by atoms with Crippen LogP contribution < -0.4 is 15.6 Å². The summed E-state index contributed by atoms with van der Waals surface area (Å²) in [6.45, 7) is 2.32. The van der Waals surface area contributed by atoms with E-state index >= 15 is 0 Å². The van der Waals surface area contributed by atoms with Crippen molar-refractivity contribution in [2.75, 3.05) is 12.4 Å². The molecule has 0 aliphatic rings. The number of ether oxygens (including phenoxy) is 1. The highest BCUT2D eigenvalue weighted by Crippen LogP contribution is 2.29. The number of nitrogens with zero attached hydrogens (tertiary/aromatic N) is 3. The van der Waals surface area contributed by atoms with Crippen molar-refractivity contribution in [2.45, 2.75) is 13.5 Å². The van der Waals surface area contributed by atoms with Crippen molar-refractivity contribution in [1.82, 2.24) is 14.5 Å². The zero-order chi connectivity index (χ0) is 24.5. The van der Waals surface area contributed by atoms with Crippen LogP contribution in [0.25, 0.3) is 27.8 Å². The molecule has 2 heterocycles. The van der Waals surface area contributed by atoms with Crippen molar-refractivity contribution in [1.29, 1.82) is 0 Å². The van der Waals surface area contributed by atoms with E-state index in [1.165, 1.54) is 11.3 Å². The summed E-state index contributed by atoms with van der Waals surface area (Å²) < 4.78 is 8.49. The first kappa shape index (κ1) is 23.7. The van der Waals surface area contributed by atoms with E-state index in [-0.39, 0.29) is 5.56 Å². The maximum atomic E-state index is 13.7. The van der Waals surface area contributed by atoms with Crippen molar-refractivity contribution < 1.29 is 4.74 Å². The molecule has 1 N–H and O–H groups in total. The van der Waals surface area contributed by atoms with E-state index in [9.17, 15) is 4.79 Å². The van der Waals surface area contributed by atoms with Gasteiger partial charge in [-0.2, -0.15) is 0 Å². The van der Waals surface area contributed by atoms with Crippen molar-refractivity contribution in [2.24, 2.45) is 0 Å². The number of hydrogen-bond acceptors (Lipinski definition) is 6. The lowest BCUT2D eigenvalue weighted by Crippen LogP contribution is -2.26. The fraction of sp³-hybridized carbons (Fsp3) is 0.115. The van der Waals surface area contributed by atoms with Gasteiger partial charge in [0.05, 0.1) is 35.9 Å². The fourth-order valence-corrected chi connectivity index (χ4v) is 5.88. The Bertz CT molecular complexity index is 1600. The SMILES string of the molecule is COc1ccc(-c2csc(NCc3nc4c(Br)cc(Br)cc4c(=O)n3-c3ccccc3C)n2)cc1. The number of benzene rings is 3. The Kier molecular flexibility index (Phi) is 6.73. The average Bonchev–Trinajstić information content (AvgIpc) is 3.33. The third-order valence-electron chi connectivity index (χ3n) is 5.60. The van der Waals surface area contributed by atoms with Gasteiger partial charge >= 0.3 is 0 Å². The first-order chi connectivity index (χ1) is 16.9. The van der Waals surface area contributed by atoms with Crippen LogP contribution in [0.15, 0.2) is 79.8 Å². The predicted octanol–water partition coefficient (Wildman–Crippen LogP) is 6.96. The number of fused-ring (bicyclic) bond motifs is 1. The van der Waals surface area contributed by atoms with Crippen molar-refractivity contribution >= 4 is 59.2 Å². The van der Waals surface area contributed by atoms with E-state index in [1.54, 1.807) is 11.7 Å². The van der Waals surface area contributed by atoms with Crippen molar-refractivity contribution in [3.63, 3.8) is 0 Å². The minimum atomic E-state index is -0.124. The standard InChI is InChI=1S/C26H20Br2N4O2S/c1-15-5-3-4-6-22(15)32-23(31-24-19(25(32)33)11-17(27)12-20(24)28)13-29-26-30-21(14-35-26)16-7-9-18(34-2)10-8-16/h3-12,14H,13H2,1-2H3,(H,29,30). The maximum absolute atomic E-state index is 13.7. The summed E-state index contributed by atoms with van der Waals surface area (Å²) in [6, 6.07) is 19.3. The normalized spacial score (nSPS) is 11.1. The molecule has 0 spiro atoms. The minimum Gasteiger partial charge on any atom is -0.497 e. The van der Waals surface area contributed by atoms with Crippen LogP contribution in [0.3, 0.4) is 0 Å². The van der Waals surface area contributed by atoms with Crippen molar-refractivity contribution in [3.8, 4) is 22.7 Å². The number of aromatic nitrogens is 3. The highest BCUT2D eigenvalue weighted by atomic mass is 79.9. The molecule has 3 aromatic carbocycles. The zero-order valence-corrected chi connectivity index (χ0v) is 22.9. The lowest BCUT2D eigenvalue weighted by Gasteiger charge is -2.16. The van der Waals surface area contributed by atoms with Gasteiger partial charge in [0.2, 0.25) is 0 Å². The third-order valence-corrected chi connectivity index (χ3v) is 7.47. The topological polar surface area (TPSA) is 69.0 Å². The van der Waals surface area contributed by atoms with Gasteiger partial charge in [-0.15, -0.1) is 11.3 Å². The largest absolute Gasteiger partial charge is 0.497 e. The molecule has 0 amide bonds. The molecule has 0 saturated heterocycles. The molecule has 0 bridgehead atoms. The Labute approximate surface area is 222 Å². The Balaban J connectivity index is 1.54. The number of hydrogen-bond donors (Lipinski definition) is 1. The van der Waals surface area contributed by atoms with Crippen LogP contribution in [0.1, 0.15) is 11.4 Å². The van der Waals surface area contributed by atoms with E-state index < -0.39 is 0 Å². The number of nitrogens with one attached hydrogen (secondary N) is 1. The van der Waals surface area contributed by atoms with Crippen LogP contribution in [0, 0.1) is 6.92 Å². The molecule has 0 saturated carbocycles. The van der Waals surface area contributed by atoms with Gasteiger partial charge < -0.3 is 10.1 Å². The van der Waals surface area contributed by atoms with Gasteiger partial charge in [0.15, 0.2) is 5.13 Å². The van der Waals surface area contributed by atoms with Crippen LogP contribution in [-0.4, -0.2) is 21.6 Å². The minimum absolute atomic E-state index is 0.124. The van der Waals surface area contributed by atoms with E-state index in [2.05, 4.69) is 37.2 Å². The summed E-state index contributed by atoms with van der Waals surface area (Å²) in [4.78, 5) is 23.3. The smallest absolute Gasteiger partial charge is 0.266 e. The van der Waals surface area contributed by atoms with E-state index in [0.29, 0.717) is 23.3 Å². The highest BCUT2D eigenvalue weighted by Gasteiger charge is 2.17. The summed E-state index contributed by atoms with van der Waals surface area (Å²) in [5, 5.41) is 6.65. The number of halogens is 2. The molecule has 2 aromatic heterocycles. The van der Waals surface area contributed by atoms with Gasteiger partial charge in [-0.05, 0) is 70.9 Å². The quantitative estimate of drug-likeness (QED) is 0.225.